The molecule has 3 heterocycles. The van der Waals surface area contributed by atoms with Gasteiger partial charge in [-0.25, -0.2) is 0 Å². The average molecular weight is 294 g/mol. The van der Waals surface area contributed by atoms with Gasteiger partial charge in [0.2, 0.25) is 0 Å². The second kappa shape index (κ2) is 7.40. The molecule has 0 aliphatic carbocycles. The predicted molar refractivity (Wildman–Crippen MR) is 88.7 cm³/mol. The van der Waals surface area contributed by atoms with Gasteiger partial charge in [0, 0.05) is 51.9 Å². The van der Waals surface area contributed by atoms with Gasteiger partial charge in [0.1, 0.15) is 0 Å². The van der Waals surface area contributed by atoms with Crippen LogP contribution in [-0.4, -0.2) is 86.7 Å². The minimum atomic E-state index is 0.768. The van der Waals surface area contributed by atoms with Gasteiger partial charge in [0.25, 0.3) is 0 Å². The normalized spacial score (nSPS) is 37.7. The zero-order valence-corrected chi connectivity index (χ0v) is 14.1. The van der Waals surface area contributed by atoms with Crippen LogP contribution in [0.1, 0.15) is 26.2 Å². The van der Waals surface area contributed by atoms with Gasteiger partial charge < -0.3 is 15.1 Å². The molecule has 0 aromatic carbocycles. The first-order chi connectivity index (χ1) is 10.2. The number of nitrogens with zero attached hydrogens (tertiary/aromatic N) is 3. The molecule has 3 saturated heterocycles. The molecule has 0 aromatic heterocycles. The van der Waals surface area contributed by atoms with Crippen LogP contribution in [0, 0.1) is 11.8 Å². The molecule has 3 aliphatic heterocycles. The molecule has 3 rings (SSSR count). The van der Waals surface area contributed by atoms with Crippen LogP contribution in [0.15, 0.2) is 0 Å². The van der Waals surface area contributed by atoms with E-state index in [1.165, 1.54) is 78.2 Å². The van der Waals surface area contributed by atoms with E-state index in [4.69, 9.17) is 0 Å². The third kappa shape index (κ3) is 4.19. The fourth-order valence-corrected chi connectivity index (χ4v) is 4.47. The van der Waals surface area contributed by atoms with Gasteiger partial charge in [-0.15, -0.1) is 0 Å². The first-order valence-corrected chi connectivity index (χ1v) is 9.08. The number of piperazine rings is 1. The van der Waals surface area contributed by atoms with Crippen LogP contribution in [0.5, 0.6) is 0 Å². The molecule has 21 heavy (non-hydrogen) atoms. The molecule has 3 unspecified atom stereocenters. The largest absolute Gasteiger partial charge is 0.315 e. The van der Waals surface area contributed by atoms with E-state index in [0.29, 0.717) is 0 Å². The van der Waals surface area contributed by atoms with E-state index in [9.17, 15) is 0 Å². The molecule has 4 nitrogen and oxygen atoms in total. The van der Waals surface area contributed by atoms with Crippen LogP contribution in [0.25, 0.3) is 0 Å². The lowest BCUT2D eigenvalue weighted by Gasteiger charge is -2.45. The Kier molecular flexibility index (Phi) is 5.54. The zero-order chi connectivity index (χ0) is 14.7. The molecule has 0 radical (unpaired) electrons. The van der Waals surface area contributed by atoms with Crippen molar-refractivity contribution < 1.29 is 0 Å². The monoisotopic (exact) mass is 294 g/mol. The van der Waals surface area contributed by atoms with Crippen molar-refractivity contribution in [2.75, 3.05) is 66.0 Å². The summed E-state index contributed by atoms with van der Waals surface area (Å²) in [7, 11) is 2.25. The molecule has 0 amide bonds. The van der Waals surface area contributed by atoms with Crippen molar-refractivity contribution in [1.29, 1.82) is 0 Å². The maximum absolute atomic E-state index is 3.65. The van der Waals surface area contributed by atoms with Gasteiger partial charge in [-0.3, -0.25) is 4.90 Å². The minimum Gasteiger partial charge on any atom is -0.315 e. The number of piperidine rings is 2. The van der Waals surface area contributed by atoms with Crippen molar-refractivity contribution in [2.45, 2.75) is 32.2 Å². The molecule has 4 heteroatoms. The highest BCUT2D eigenvalue weighted by atomic mass is 15.3. The summed E-state index contributed by atoms with van der Waals surface area (Å²) in [5, 5.41) is 3.65. The number of hydrogen-bond donors (Lipinski definition) is 1. The van der Waals surface area contributed by atoms with Gasteiger partial charge in [-0.1, -0.05) is 6.92 Å². The fraction of sp³-hybridized carbons (Fsp3) is 1.00. The van der Waals surface area contributed by atoms with Crippen LogP contribution < -0.4 is 5.32 Å². The van der Waals surface area contributed by atoms with E-state index in [2.05, 4.69) is 34.0 Å². The second-order valence-electron chi connectivity index (χ2n) is 7.67. The molecule has 122 valence electrons. The molecule has 0 aromatic rings. The summed E-state index contributed by atoms with van der Waals surface area (Å²) >= 11 is 0. The van der Waals surface area contributed by atoms with Crippen LogP contribution in [0.2, 0.25) is 0 Å². The highest BCUT2D eigenvalue weighted by molar-refractivity contribution is 4.90. The van der Waals surface area contributed by atoms with Crippen LogP contribution in [0.4, 0.5) is 0 Å². The molecule has 0 bridgehead atoms. The molecule has 3 aliphatic rings. The smallest absolute Gasteiger partial charge is 0.0262 e. The molecule has 3 fully saturated rings. The zero-order valence-electron chi connectivity index (χ0n) is 14.1. The summed E-state index contributed by atoms with van der Waals surface area (Å²) in [5.74, 6) is 1.78. The quantitative estimate of drug-likeness (QED) is 0.836. The van der Waals surface area contributed by atoms with Crippen LogP contribution in [-0.2, 0) is 0 Å². The molecule has 1 N–H and O–H groups in total. The van der Waals surface area contributed by atoms with Crippen molar-refractivity contribution in [1.82, 2.24) is 20.0 Å². The minimum absolute atomic E-state index is 0.768. The van der Waals surface area contributed by atoms with Crippen molar-refractivity contribution in [3.63, 3.8) is 0 Å². The van der Waals surface area contributed by atoms with Crippen molar-refractivity contribution in [3.05, 3.63) is 0 Å². The Morgan fingerprint density at radius 1 is 1.05 bits per heavy atom. The highest BCUT2D eigenvalue weighted by Crippen LogP contribution is 2.23. The first kappa shape index (κ1) is 15.7. The highest BCUT2D eigenvalue weighted by Gasteiger charge is 2.33. The molecule has 0 saturated carbocycles. The Labute approximate surface area is 130 Å². The van der Waals surface area contributed by atoms with Gasteiger partial charge in [0.05, 0.1) is 0 Å². The lowest BCUT2D eigenvalue weighted by atomic mass is 9.89. The van der Waals surface area contributed by atoms with Crippen LogP contribution >= 0.6 is 0 Å². The third-order valence-corrected chi connectivity index (χ3v) is 5.83. The number of likely N-dealkylation sites (N-methyl/N-ethyl adjacent to an activating group) is 1. The Morgan fingerprint density at radius 3 is 2.62 bits per heavy atom. The lowest BCUT2D eigenvalue weighted by molar-refractivity contribution is 0.0434. The van der Waals surface area contributed by atoms with E-state index < -0.39 is 0 Å². The first-order valence-electron chi connectivity index (χ1n) is 9.08. The molecule has 0 spiro atoms. The second-order valence-corrected chi connectivity index (χ2v) is 7.67. The van der Waals surface area contributed by atoms with E-state index >= 15 is 0 Å². The molecule has 3 atom stereocenters. The number of rotatable bonds is 3. The van der Waals surface area contributed by atoms with E-state index in [1.807, 2.05) is 0 Å². The summed E-state index contributed by atoms with van der Waals surface area (Å²) in [6.45, 7) is 13.9. The maximum Gasteiger partial charge on any atom is 0.0262 e. The number of likely N-dealkylation sites (tertiary alicyclic amines) is 1. The van der Waals surface area contributed by atoms with E-state index in [0.717, 1.165) is 17.9 Å². The summed E-state index contributed by atoms with van der Waals surface area (Å²) < 4.78 is 0. The van der Waals surface area contributed by atoms with Gasteiger partial charge >= 0.3 is 0 Å². The average Bonchev–Trinajstić information content (AvgIpc) is 2.49. The Bertz CT molecular complexity index is 314. The maximum atomic E-state index is 3.65. The summed E-state index contributed by atoms with van der Waals surface area (Å²) in [6.07, 6.45) is 4.21. The standard InChI is InChI=1S/C17H34N4/c1-15-4-3-7-20(13-15)14-16-5-6-18-12-17(16)21-10-8-19(2)9-11-21/h15-18H,3-14H2,1-2H3. The van der Waals surface area contributed by atoms with Crippen LogP contribution in [0.3, 0.4) is 0 Å². The SMILES string of the molecule is CC1CCCN(CC2CCNCC2N2CCN(C)CC2)C1. The van der Waals surface area contributed by atoms with E-state index in [1.54, 1.807) is 0 Å². The summed E-state index contributed by atoms with van der Waals surface area (Å²) in [6, 6.07) is 0.768. The van der Waals surface area contributed by atoms with Gasteiger partial charge in [-0.2, -0.15) is 0 Å². The van der Waals surface area contributed by atoms with Crippen molar-refractivity contribution in [2.24, 2.45) is 11.8 Å². The Morgan fingerprint density at radius 2 is 1.86 bits per heavy atom. The Hall–Kier alpha value is -0.160. The fourth-order valence-electron chi connectivity index (χ4n) is 4.47. The summed E-state index contributed by atoms with van der Waals surface area (Å²) in [5.41, 5.74) is 0. The number of nitrogens with one attached hydrogen (secondary N) is 1. The summed E-state index contributed by atoms with van der Waals surface area (Å²) in [4.78, 5) is 7.99. The van der Waals surface area contributed by atoms with E-state index in [-0.39, 0.29) is 0 Å². The van der Waals surface area contributed by atoms with Gasteiger partial charge in [-0.05, 0) is 51.2 Å². The third-order valence-electron chi connectivity index (χ3n) is 5.83. The molecular weight excluding hydrogens is 260 g/mol. The van der Waals surface area contributed by atoms with Gasteiger partial charge in [0.15, 0.2) is 0 Å². The topological polar surface area (TPSA) is 21.8 Å². The predicted octanol–water partition coefficient (Wildman–Crippen LogP) is 0.944. The van der Waals surface area contributed by atoms with Crippen molar-refractivity contribution >= 4 is 0 Å². The lowest BCUT2D eigenvalue weighted by Crippen LogP contribution is -2.58. The Balaban J connectivity index is 1.56. The number of hydrogen-bond acceptors (Lipinski definition) is 4. The molecular formula is C17H34N4. The van der Waals surface area contributed by atoms with Crippen molar-refractivity contribution in [3.8, 4) is 0 Å².